The Balaban J connectivity index is 1.38. The van der Waals surface area contributed by atoms with Crippen molar-refractivity contribution in [3.05, 3.63) is 66.1 Å². The first kappa shape index (κ1) is 17.6. The van der Waals surface area contributed by atoms with E-state index in [1.807, 2.05) is 47.2 Å². The summed E-state index contributed by atoms with van der Waals surface area (Å²) in [6, 6.07) is 15.0. The third-order valence-corrected chi connectivity index (χ3v) is 5.41. The molecule has 27 heavy (non-hydrogen) atoms. The number of piperazine rings is 1. The van der Waals surface area contributed by atoms with Crippen molar-refractivity contribution in [3.8, 4) is 0 Å². The second-order valence-corrected chi connectivity index (χ2v) is 7.23. The van der Waals surface area contributed by atoms with E-state index in [2.05, 4.69) is 11.1 Å². The van der Waals surface area contributed by atoms with Gasteiger partial charge in [-0.3, -0.25) is 4.79 Å². The number of hydrogen-bond acceptors (Lipinski definition) is 2. The molecule has 2 heterocycles. The van der Waals surface area contributed by atoms with Crippen LogP contribution < -0.4 is 4.90 Å². The molecule has 4 nitrogen and oxygen atoms in total. The second-order valence-electron chi connectivity index (χ2n) is 7.23. The van der Waals surface area contributed by atoms with Gasteiger partial charge in [0, 0.05) is 49.2 Å². The van der Waals surface area contributed by atoms with Gasteiger partial charge in [-0.1, -0.05) is 37.3 Å². The molecule has 4 rings (SSSR count). The molecule has 1 aliphatic rings. The number of benzene rings is 2. The van der Waals surface area contributed by atoms with Crippen LogP contribution in [0.5, 0.6) is 0 Å². The molecule has 0 spiro atoms. The summed E-state index contributed by atoms with van der Waals surface area (Å²) in [5, 5.41) is 1.18. The van der Waals surface area contributed by atoms with Crippen molar-refractivity contribution in [2.45, 2.75) is 13.3 Å². The summed E-state index contributed by atoms with van der Waals surface area (Å²) >= 11 is 0. The fourth-order valence-corrected chi connectivity index (χ4v) is 3.91. The van der Waals surface area contributed by atoms with Gasteiger partial charge in [-0.15, -0.1) is 0 Å². The number of H-pyrrole nitrogens is 1. The zero-order valence-corrected chi connectivity index (χ0v) is 15.5. The van der Waals surface area contributed by atoms with Gasteiger partial charge in [-0.25, -0.2) is 4.39 Å². The normalized spacial score (nSPS) is 15.9. The molecule has 140 valence electrons. The maximum absolute atomic E-state index is 14.0. The Kier molecular flexibility index (Phi) is 4.84. The number of nitrogens with zero attached hydrogens (tertiary/aromatic N) is 2. The van der Waals surface area contributed by atoms with E-state index in [4.69, 9.17) is 0 Å². The van der Waals surface area contributed by atoms with Crippen LogP contribution in [0.1, 0.15) is 12.5 Å². The molecule has 1 aliphatic heterocycles. The molecule has 0 bridgehead atoms. The minimum atomic E-state index is -0.204. The molecule has 2 aromatic carbocycles. The van der Waals surface area contributed by atoms with Crippen molar-refractivity contribution >= 4 is 22.5 Å². The molecule has 1 saturated heterocycles. The number of anilines is 1. The zero-order valence-electron chi connectivity index (χ0n) is 15.5. The lowest BCUT2D eigenvalue weighted by Gasteiger charge is -2.37. The molecule has 3 aromatic rings. The molecule has 1 amide bonds. The van der Waals surface area contributed by atoms with Gasteiger partial charge in [-0.2, -0.15) is 0 Å². The van der Waals surface area contributed by atoms with Crippen molar-refractivity contribution in [3.63, 3.8) is 0 Å². The third-order valence-electron chi connectivity index (χ3n) is 5.41. The largest absolute Gasteiger partial charge is 0.366 e. The van der Waals surface area contributed by atoms with Crippen molar-refractivity contribution < 1.29 is 9.18 Å². The maximum atomic E-state index is 14.0. The lowest BCUT2D eigenvalue weighted by atomic mass is 9.99. The number of carbonyl (C=O) groups is 1. The number of nitrogens with one attached hydrogen (secondary N) is 1. The van der Waals surface area contributed by atoms with E-state index in [0.717, 1.165) is 11.9 Å². The van der Waals surface area contributed by atoms with Crippen LogP contribution in [0.2, 0.25) is 0 Å². The maximum Gasteiger partial charge on any atom is 0.225 e. The summed E-state index contributed by atoms with van der Waals surface area (Å²) in [5.74, 6) is -0.109. The fourth-order valence-electron chi connectivity index (χ4n) is 3.91. The number of amides is 1. The van der Waals surface area contributed by atoms with Crippen LogP contribution in [0.3, 0.4) is 0 Å². The Bertz CT molecular complexity index is 943. The number of fused-ring (bicyclic) bond motifs is 1. The molecule has 0 saturated carbocycles. The van der Waals surface area contributed by atoms with E-state index < -0.39 is 0 Å². The zero-order chi connectivity index (χ0) is 18.8. The summed E-state index contributed by atoms with van der Waals surface area (Å²) in [7, 11) is 0. The summed E-state index contributed by atoms with van der Waals surface area (Å²) in [6.07, 6.45) is 2.72. The lowest BCUT2D eigenvalue weighted by molar-refractivity contribution is -0.135. The summed E-state index contributed by atoms with van der Waals surface area (Å²) in [4.78, 5) is 20.1. The Morgan fingerprint density at radius 3 is 2.56 bits per heavy atom. The molecular weight excluding hydrogens is 341 g/mol. The van der Waals surface area contributed by atoms with Gasteiger partial charge in [0.1, 0.15) is 5.82 Å². The van der Waals surface area contributed by atoms with E-state index in [1.54, 1.807) is 12.1 Å². The number of rotatable bonds is 4. The summed E-state index contributed by atoms with van der Waals surface area (Å²) in [5.41, 5.74) is 2.90. The van der Waals surface area contributed by atoms with Gasteiger partial charge in [0.05, 0.1) is 5.69 Å². The van der Waals surface area contributed by atoms with Crippen molar-refractivity contribution in [1.82, 2.24) is 9.88 Å². The molecule has 1 N–H and O–H groups in total. The number of para-hydroxylation sites is 2. The van der Waals surface area contributed by atoms with Gasteiger partial charge in [-0.05, 0) is 30.2 Å². The van der Waals surface area contributed by atoms with E-state index in [9.17, 15) is 9.18 Å². The van der Waals surface area contributed by atoms with Gasteiger partial charge in [0.25, 0.3) is 0 Å². The van der Waals surface area contributed by atoms with Crippen LogP contribution in [0, 0.1) is 11.7 Å². The highest BCUT2D eigenvalue weighted by molar-refractivity contribution is 5.85. The van der Waals surface area contributed by atoms with Gasteiger partial charge < -0.3 is 14.8 Å². The Labute approximate surface area is 158 Å². The Morgan fingerprint density at radius 2 is 1.78 bits per heavy atom. The lowest BCUT2D eigenvalue weighted by Crippen LogP contribution is -2.50. The van der Waals surface area contributed by atoms with Crippen molar-refractivity contribution in [2.24, 2.45) is 5.92 Å². The minimum absolute atomic E-state index is 0.0794. The van der Waals surface area contributed by atoms with Crippen LogP contribution in [-0.4, -0.2) is 42.0 Å². The van der Waals surface area contributed by atoms with E-state index >= 15 is 0 Å². The van der Waals surface area contributed by atoms with Crippen LogP contribution in [0.15, 0.2) is 54.7 Å². The average molecular weight is 365 g/mol. The first-order chi connectivity index (χ1) is 13.1. The molecule has 0 unspecified atom stereocenters. The van der Waals surface area contributed by atoms with Crippen LogP contribution >= 0.6 is 0 Å². The summed E-state index contributed by atoms with van der Waals surface area (Å²) in [6.45, 7) is 4.57. The molecular formula is C22H24FN3O. The third kappa shape index (κ3) is 3.54. The first-order valence-electron chi connectivity index (χ1n) is 9.47. The Morgan fingerprint density at radius 1 is 1.07 bits per heavy atom. The second kappa shape index (κ2) is 7.43. The molecule has 1 fully saturated rings. The monoisotopic (exact) mass is 365 g/mol. The van der Waals surface area contributed by atoms with Crippen LogP contribution in [-0.2, 0) is 11.2 Å². The molecule has 5 heteroatoms. The Hall–Kier alpha value is -2.82. The van der Waals surface area contributed by atoms with Crippen molar-refractivity contribution in [1.29, 1.82) is 0 Å². The highest BCUT2D eigenvalue weighted by Gasteiger charge is 2.26. The number of halogens is 1. The predicted molar refractivity (Wildman–Crippen MR) is 106 cm³/mol. The van der Waals surface area contributed by atoms with Gasteiger partial charge >= 0.3 is 0 Å². The highest BCUT2D eigenvalue weighted by Crippen LogP contribution is 2.23. The average Bonchev–Trinajstić information content (AvgIpc) is 3.11. The topological polar surface area (TPSA) is 39.3 Å². The van der Waals surface area contributed by atoms with Gasteiger partial charge in [0.15, 0.2) is 0 Å². The van der Waals surface area contributed by atoms with E-state index in [-0.39, 0.29) is 17.6 Å². The smallest absolute Gasteiger partial charge is 0.225 e. The SMILES string of the molecule is C[C@H](Cc1c[nH]c2ccccc12)C(=O)N1CCN(c2ccccc2F)CC1. The minimum Gasteiger partial charge on any atom is -0.366 e. The van der Waals surface area contributed by atoms with Crippen molar-refractivity contribution in [2.75, 3.05) is 31.1 Å². The molecule has 1 aromatic heterocycles. The fraction of sp³-hybridized carbons (Fsp3) is 0.318. The summed E-state index contributed by atoms with van der Waals surface area (Å²) < 4.78 is 14.0. The number of carbonyl (C=O) groups excluding carboxylic acids is 1. The quantitative estimate of drug-likeness (QED) is 0.763. The number of aromatic nitrogens is 1. The van der Waals surface area contributed by atoms with E-state index in [0.29, 0.717) is 31.9 Å². The first-order valence-corrected chi connectivity index (χ1v) is 9.47. The molecule has 0 radical (unpaired) electrons. The molecule has 1 atom stereocenters. The van der Waals surface area contributed by atoms with E-state index in [1.165, 1.54) is 17.0 Å². The predicted octanol–water partition coefficient (Wildman–Crippen LogP) is 3.83. The highest BCUT2D eigenvalue weighted by atomic mass is 19.1. The standard InChI is InChI=1S/C22H24FN3O/c1-16(14-17-15-24-20-8-4-2-6-18(17)20)22(27)26-12-10-25(11-13-26)21-9-5-3-7-19(21)23/h2-9,15-16,24H,10-14H2,1H3/t16-/m1/s1. The molecule has 0 aliphatic carbocycles. The number of aromatic amines is 1. The van der Waals surface area contributed by atoms with Gasteiger partial charge in [0.2, 0.25) is 5.91 Å². The number of hydrogen-bond donors (Lipinski definition) is 1. The van der Waals surface area contributed by atoms with Crippen LogP contribution in [0.4, 0.5) is 10.1 Å². The van der Waals surface area contributed by atoms with Crippen LogP contribution in [0.25, 0.3) is 10.9 Å².